The van der Waals surface area contributed by atoms with E-state index in [1.165, 1.54) is 12.8 Å². The molecule has 8 heteroatoms. The molecule has 0 spiro atoms. The molecule has 2 aromatic rings. The summed E-state index contributed by atoms with van der Waals surface area (Å²) in [6.45, 7) is 5.28. The highest BCUT2D eigenvalue weighted by molar-refractivity contribution is 6.00. The number of aromatic nitrogens is 1. The Hall–Kier alpha value is -2.09. The van der Waals surface area contributed by atoms with Crippen molar-refractivity contribution in [3.05, 3.63) is 36.0 Å². The third-order valence-corrected chi connectivity index (χ3v) is 7.13. The number of rotatable bonds is 5. The van der Waals surface area contributed by atoms with Crippen LogP contribution in [0.2, 0.25) is 0 Å². The number of aliphatic hydroxyl groups is 1. The van der Waals surface area contributed by atoms with E-state index in [2.05, 4.69) is 22.2 Å². The summed E-state index contributed by atoms with van der Waals surface area (Å²) in [5, 5.41) is 14.0. The number of fused-ring (bicyclic) bond motifs is 1. The molecule has 1 aromatic heterocycles. The molecule has 0 aliphatic carbocycles. The van der Waals surface area contributed by atoms with Crippen LogP contribution in [0.4, 0.5) is 0 Å². The van der Waals surface area contributed by atoms with Crippen molar-refractivity contribution in [1.82, 2.24) is 20.1 Å². The Balaban J connectivity index is 0.00000289. The molecule has 2 aliphatic rings. The van der Waals surface area contributed by atoms with E-state index in [-0.39, 0.29) is 24.2 Å². The van der Waals surface area contributed by atoms with Crippen molar-refractivity contribution in [2.75, 3.05) is 33.2 Å². The van der Waals surface area contributed by atoms with E-state index in [9.17, 15) is 14.7 Å². The monoisotopic (exact) mass is 462 g/mol. The van der Waals surface area contributed by atoms with Crippen molar-refractivity contribution in [2.45, 2.75) is 44.8 Å². The SMILES string of the molecule is C[C@H](O)[C@@H](NC(=O)c1ccc2cc[nH]c2c1)C(=O)N1CCC(C2CCN(C)CC2)CC1.Cl. The predicted octanol–water partition coefficient (Wildman–Crippen LogP) is 2.65. The van der Waals surface area contributed by atoms with Crippen molar-refractivity contribution in [3.8, 4) is 0 Å². The second-order valence-corrected chi connectivity index (χ2v) is 9.27. The predicted molar refractivity (Wildman–Crippen MR) is 128 cm³/mol. The van der Waals surface area contributed by atoms with Crippen LogP contribution in [-0.2, 0) is 4.79 Å². The molecule has 32 heavy (non-hydrogen) atoms. The molecule has 2 aliphatic heterocycles. The number of aliphatic hydroxyl groups excluding tert-OH is 1. The van der Waals surface area contributed by atoms with E-state index in [1.54, 1.807) is 19.1 Å². The molecule has 3 N–H and O–H groups in total. The number of H-pyrrole nitrogens is 1. The van der Waals surface area contributed by atoms with Crippen molar-refractivity contribution < 1.29 is 14.7 Å². The normalized spacial score (nSPS) is 20.5. The van der Waals surface area contributed by atoms with Crippen LogP contribution in [0.1, 0.15) is 43.0 Å². The quantitative estimate of drug-likeness (QED) is 0.637. The van der Waals surface area contributed by atoms with Gasteiger partial charge in [-0.2, -0.15) is 0 Å². The van der Waals surface area contributed by atoms with Crippen LogP contribution < -0.4 is 5.32 Å². The van der Waals surface area contributed by atoms with E-state index in [1.807, 2.05) is 23.2 Å². The molecule has 2 saturated heterocycles. The maximum Gasteiger partial charge on any atom is 0.252 e. The third kappa shape index (κ3) is 5.45. The first kappa shape index (κ1) is 24.6. The molecule has 0 radical (unpaired) electrons. The average molecular weight is 463 g/mol. The zero-order chi connectivity index (χ0) is 22.0. The van der Waals surface area contributed by atoms with Gasteiger partial charge >= 0.3 is 0 Å². The number of benzene rings is 1. The molecule has 7 nitrogen and oxygen atoms in total. The maximum atomic E-state index is 13.1. The smallest absolute Gasteiger partial charge is 0.252 e. The van der Waals surface area contributed by atoms with E-state index in [0.29, 0.717) is 24.6 Å². The fourth-order valence-electron chi connectivity index (χ4n) is 5.09. The van der Waals surface area contributed by atoms with Crippen LogP contribution in [0.15, 0.2) is 30.5 Å². The van der Waals surface area contributed by atoms with E-state index >= 15 is 0 Å². The van der Waals surface area contributed by atoms with Gasteiger partial charge in [0.2, 0.25) is 5.91 Å². The first-order valence-electron chi connectivity index (χ1n) is 11.5. The Kier molecular flexibility index (Phi) is 8.20. The van der Waals surface area contributed by atoms with Crippen molar-refractivity contribution in [1.29, 1.82) is 0 Å². The molecule has 4 rings (SSSR count). The molecule has 2 amide bonds. The summed E-state index contributed by atoms with van der Waals surface area (Å²) in [6, 6.07) is 6.37. The Morgan fingerprint density at radius 2 is 1.69 bits per heavy atom. The Morgan fingerprint density at radius 1 is 1.06 bits per heavy atom. The molecular formula is C24H35ClN4O3. The first-order valence-corrected chi connectivity index (χ1v) is 11.5. The summed E-state index contributed by atoms with van der Waals surface area (Å²) in [5.74, 6) is 0.886. The summed E-state index contributed by atoms with van der Waals surface area (Å²) < 4.78 is 0. The van der Waals surface area contributed by atoms with Gasteiger partial charge in [-0.05, 0) is 88.2 Å². The van der Waals surface area contributed by atoms with Gasteiger partial charge in [0, 0.05) is 30.4 Å². The third-order valence-electron chi connectivity index (χ3n) is 7.13. The van der Waals surface area contributed by atoms with Crippen LogP contribution in [0.3, 0.4) is 0 Å². The number of hydrogen-bond donors (Lipinski definition) is 3. The van der Waals surface area contributed by atoms with Crippen molar-refractivity contribution >= 4 is 35.1 Å². The second kappa shape index (κ2) is 10.7. The Bertz CT molecular complexity index is 915. The van der Waals surface area contributed by atoms with Gasteiger partial charge in [-0.1, -0.05) is 6.07 Å². The average Bonchev–Trinajstić information content (AvgIpc) is 3.25. The summed E-state index contributed by atoms with van der Waals surface area (Å²) in [5.41, 5.74) is 1.33. The highest BCUT2D eigenvalue weighted by atomic mass is 35.5. The molecule has 3 heterocycles. The molecule has 2 atom stereocenters. The Labute approximate surface area is 195 Å². The van der Waals surface area contributed by atoms with Gasteiger partial charge in [-0.15, -0.1) is 12.4 Å². The van der Waals surface area contributed by atoms with Gasteiger partial charge in [0.25, 0.3) is 5.91 Å². The number of amides is 2. The minimum Gasteiger partial charge on any atom is -0.391 e. The van der Waals surface area contributed by atoms with Gasteiger partial charge in [0.15, 0.2) is 0 Å². The largest absolute Gasteiger partial charge is 0.391 e. The number of aromatic amines is 1. The van der Waals surface area contributed by atoms with Crippen LogP contribution >= 0.6 is 12.4 Å². The molecular weight excluding hydrogens is 428 g/mol. The number of halogens is 1. The van der Waals surface area contributed by atoms with Gasteiger partial charge in [-0.25, -0.2) is 0 Å². The van der Waals surface area contributed by atoms with E-state index in [0.717, 1.165) is 42.8 Å². The second-order valence-electron chi connectivity index (χ2n) is 9.27. The number of nitrogens with one attached hydrogen (secondary N) is 2. The zero-order valence-electron chi connectivity index (χ0n) is 18.9. The number of hydrogen-bond acceptors (Lipinski definition) is 4. The van der Waals surface area contributed by atoms with Gasteiger partial charge in [-0.3, -0.25) is 9.59 Å². The minimum atomic E-state index is -0.961. The van der Waals surface area contributed by atoms with Crippen molar-refractivity contribution in [3.63, 3.8) is 0 Å². The number of likely N-dealkylation sites (tertiary alicyclic amines) is 2. The molecule has 1 aromatic carbocycles. The van der Waals surface area contributed by atoms with Gasteiger partial charge in [0.1, 0.15) is 6.04 Å². The van der Waals surface area contributed by atoms with E-state index in [4.69, 9.17) is 0 Å². The number of piperidine rings is 2. The fourth-order valence-corrected chi connectivity index (χ4v) is 5.09. The molecule has 0 saturated carbocycles. The number of carbonyl (C=O) groups excluding carboxylic acids is 2. The zero-order valence-corrected chi connectivity index (χ0v) is 19.7. The molecule has 0 unspecified atom stereocenters. The standard InChI is InChI=1S/C24H34N4O3.ClH/c1-16(29)22(26-23(30)20-4-3-19-5-10-25-21(19)15-20)24(31)28-13-8-18(9-14-28)17-6-11-27(2)12-7-17;/h3-5,10,15-18,22,25,29H,6-9,11-14H2,1-2H3,(H,26,30);1H/t16-,22+;/m0./s1. The first-order chi connectivity index (χ1) is 14.9. The summed E-state index contributed by atoms with van der Waals surface area (Å²) in [6.07, 6.45) is 5.36. The van der Waals surface area contributed by atoms with Crippen LogP contribution in [-0.4, -0.2) is 77.1 Å². The number of carbonyl (C=O) groups is 2. The number of nitrogens with zero attached hydrogens (tertiary/aromatic N) is 2. The van der Waals surface area contributed by atoms with Crippen LogP contribution in [0.5, 0.6) is 0 Å². The lowest BCUT2D eigenvalue weighted by atomic mass is 9.79. The van der Waals surface area contributed by atoms with Gasteiger partial charge in [0.05, 0.1) is 6.10 Å². The lowest BCUT2D eigenvalue weighted by Crippen LogP contribution is -2.55. The van der Waals surface area contributed by atoms with Gasteiger partial charge < -0.3 is 25.2 Å². The highest BCUT2D eigenvalue weighted by Gasteiger charge is 2.34. The Morgan fingerprint density at radius 3 is 2.31 bits per heavy atom. The van der Waals surface area contributed by atoms with Crippen molar-refractivity contribution in [2.24, 2.45) is 11.8 Å². The molecule has 176 valence electrons. The summed E-state index contributed by atoms with van der Waals surface area (Å²) >= 11 is 0. The fraction of sp³-hybridized carbons (Fsp3) is 0.583. The maximum absolute atomic E-state index is 13.1. The topological polar surface area (TPSA) is 88.7 Å². The highest BCUT2D eigenvalue weighted by Crippen LogP contribution is 2.32. The molecule has 2 fully saturated rings. The summed E-state index contributed by atoms with van der Waals surface area (Å²) in [4.78, 5) is 33.2. The molecule has 0 bridgehead atoms. The van der Waals surface area contributed by atoms with Crippen LogP contribution in [0, 0.1) is 11.8 Å². The minimum absolute atomic E-state index is 0. The summed E-state index contributed by atoms with van der Waals surface area (Å²) in [7, 11) is 2.18. The van der Waals surface area contributed by atoms with E-state index < -0.39 is 12.1 Å². The van der Waals surface area contributed by atoms with Crippen LogP contribution in [0.25, 0.3) is 10.9 Å². The lowest BCUT2D eigenvalue weighted by Gasteiger charge is -2.40. The lowest BCUT2D eigenvalue weighted by molar-refractivity contribution is -0.137.